The zero-order valence-corrected chi connectivity index (χ0v) is 26.1. The molecule has 12 nitrogen and oxygen atoms in total. The molecule has 0 N–H and O–H groups in total. The number of nitro groups is 2. The van der Waals surface area contributed by atoms with Crippen LogP contribution in [0.25, 0.3) is 0 Å². The first-order valence-electron chi connectivity index (χ1n) is 13.4. The molecule has 0 spiro atoms. The number of nitro benzene ring substituents is 2. The molecule has 45 heavy (non-hydrogen) atoms. The summed E-state index contributed by atoms with van der Waals surface area (Å²) >= 11 is 7.39. The Labute approximate surface area is 272 Å². The van der Waals surface area contributed by atoms with Gasteiger partial charge in [0.05, 0.1) is 43.4 Å². The van der Waals surface area contributed by atoms with Gasteiger partial charge < -0.3 is 0 Å². The van der Waals surface area contributed by atoms with E-state index in [0.29, 0.717) is 22.5 Å². The summed E-state index contributed by atoms with van der Waals surface area (Å²) in [7, 11) is 0. The van der Waals surface area contributed by atoms with Crippen LogP contribution in [0.5, 0.6) is 0 Å². The topological polar surface area (TPSA) is 152 Å². The predicted octanol–water partition coefficient (Wildman–Crippen LogP) is 6.22. The summed E-state index contributed by atoms with van der Waals surface area (Å²) in [4.78, 5) is 49.2. The van der Waals surface area contributed by atoms with Crippen LogP contribution < -0.4 is 10.0 Å². The number of rotatable bonds is 8. The van der Waals surface area contributed by atoms with Crippen molar-refractivity contribution in [1.82, 2.24) is 0 Å². The average molecular weight is 732 g/mol. The smallest absolute Gasteiger partial charge is 0.271 e. The van der Waals surface area contributed by atoms with Gasteiger partial charge in [-0.05, 0) is 54.1 Å². The Balaban J connectivity index is 1.48. The highest BCUT2D eigenvalue weighted by molar-refractivity contribution is 9.13. The van der Waals surface area contributed by atoms with Gasteiger partial charge in [0.25, 0.3) is 23.2 Å². The molecule has 0 bridgehead atoms. The van der Waals surface area contributed by atoms with Gasteiger partial charge in [-0.25, -0.2) is 0 Å². The standard InChI is InChI=1S/C31H20Br2N6O6/c32-27(25-26(19-11-15-23(16-12-19)38(42)43)34-36(29(25)40)21-7-3-1-4-8-21)31(33)28(20-13-17-24(18-14-20)39(44)45)35-37(30(31)41)22-9-5-2-6-10-22/h1-18,25,27H/t25-,27-,31-/m0/s1. The molecular weight excluding hydrogens is 712 g/mol. The Hall–Kier alpha value is -5.08. The van der Waals surface area contributed by atoms with Gasteiger partial charge in [0.2, 0.25) is 0 Å². The molecule has 4 aromatic rings. The van der Waals surface area contributed by atoms with E-state index in [9.17, 15) is 29.8 Å². The van der Waals surface area contributed by atoms with Crippen molar-refractivity contribution in [2.24, 2.45) is 16.1 Å². The molecule has 2 aliphatic heterocycles. The van der Waals surface area contributed by atoms with Crippen LogP contribution in [0, 0.1) is 26.1 Å². The van der Waals surface area contributed by atoms with Gasteiger partial charge in [0.15, 0.2) is 4.32 Å². The second kappa shape index (κ2) is 11.8. The lowest BCUT2D eigenvalue weighted by Crippen LogP contribution is -2.54. The maximum Gasteiger partial charge on any atom is 0.271 e. The molecule has 14 heteroatoms. The number of nitrogens with zero attached hydrogens (tertiary/aromatic N) is 6. The largest absolute Gasteiger partial charge is 0.272 e. The van der Waals surface area contributed by atoms with Gasteiger partial charge >= 0.3 is 0 Å². The van der Waals surface area contributed by atoms with Crippen molar-refractivity contribution in [3.8, 4) is 0 Å². The van der Waals surface area contributed by atoms with Gasteiger partial charge in [0.1, 0.15) is 0 Å². The predicted molar refractivity (Wildman–Crippen MR) is 175 cm³/mol. The van der Waals surface area contributed by atoms with E-state index in [1.54, 1.807) is 60.7 Å². The third-order valence-electron chi connectivity index (χ3n) is 7.43. The number of hydrazone groups is 2. The third-order valence-corrected chi connectivity index (χ3v) is 10.5. The molecule has 0 saturated carbocycles. The van der Waals surface area contributed by atoms with E-state index < -0.39 is 36.7 Å². The molecule has 6 rings (SSSR count). The minimum atomic E-state index is -1.67. The average Bonchev–Trinajstić information content (AvgIpc) is 3.55. The Morgan fingerprint density at radius 2 is 1.16 bits per heavy atom. The van der Waals surface area contributed by atoms with Crippen molar-refractivity contribution in [3.63, 3.8) is 0 Å². The number of alkyl halides is 2. The zero-order chi connectivity index (χ0) is 31.9. The van der Waals surface area contributed by atoms with Crippen LogP contribution in [0.4, 0.5) is 22.7 Å². The van der Waals surface area contributed by atoms with E-state index >= 15 is 0 Å². The number of halogens is 2. The summed E-state index contributed by atoms with van der Waals surface area (Å²) in [6, 6.07) is 28.7. The second-order valence-electron chi connectivity index (χ2n) is 10.1. The molecule has 0 fully saturated rings. The van der Waals surface area contributed by atoms with Crippen molar-refractivity contribution in [3.05, 3.63) is 141 Å². The van der Waals surface area contributed by atoms with E-state index in [1.165, 1.54) is 58.5 Å². The number of amides is 2. The Morgan fingerprint density at radius 3 is 1.64 bits per heavy atom. The van der Waals surface area contributed by atoms with Crippen molar-refractivity contribution >= 4 is 77.8 Å². The maximum atomic E-state index is 14.4. The minimum Gasteiger partial charge on any atom is -0.272 e. The molecule has 2 heterocycles. The van der Waals surface area contributed by atoms with Gasteiger partial charge in [-0.2, -0.15) is 20.2 Å². The molecule has 0 aromatic heterocycles. The van der Waals surface area contributed by atoms with E-state index in [0.717, 1.165) is 0 Å². The monoisotopic (exact) mass is 730 g/mol. The number of hydrogen-bond acceptors (Lipinski definition) is 8. The maximum absolute atomic E-state index is 14.4. The molecule has 0 aliphatic carbocycles. The molecular formula is C31H20Br2N6O6. The fourth-order valence-corrected chi connectivity index (χ4v) is 6.81. The highest BCUT2D eigenvalue weighted by atomic mass is 79.9. The van der Waals surface area contributed by atoms with E-state index in [4.69, 9.17) is 0 Å². The van der Waals surface area contributed by atoms with Crippen molar-refractivity contribution < 1.29 is 19.4 Å². The lowest BCUT2D eigenvalue weighted by Gasteiger charge is -2.31. The number of carbonyl (C=O) groups is 2. The first-order valence-corrected chi connectivity index (χ1v) is 15.1. The first kappa shape index (κ1) is 30.0. The van der Waals surface area contributed by atoms with Crippen molar-refractivity contribution in [2.45, 2.75) is 9.15 Å². The highest BCUT2D eigenvalue weighted by Crippen LogP contribution is 2.46. The fourth-order valence-electron chi connectivity index (χ4n) is 5.18. The second-order valence-corrected chi connectivity index (χ2v) is 12.3. The summed E-state index contributed by atoms with van der Waals surface area (Å²) in [5, 5.41) is 34.5. The van der Waals surface area contributed by atoms with Gasteiger partial charge in [-0.15, -0.1) is 0 Å². The molecule has 3 atom stereocenters. The van der Waals surface area contributed by atoms with Gasteiger partial charge in [-0.3, -0.25) is 29.8 Å². The molecule has 4 aromatic carbocycles. The number of hydrogen-bond donors (Lipinski definition) is 0. The summed E-state index contributed by atoms with van der Waals surface area (Å²) in [5.74, 6) is -2.06. The Morgan fingerprint density at radius 1 is 0.689 bits per heavy atom. The lowest BCUT2D eigenvalue weighted by molar-refractivity contribution is -0.385. The van der Waals surface area contributed by atoms with E-state index in [2.05, 4.69) is 42.1 Å². The zero-order valence-electron chi connectivity index (χ0n) is 22.9. The quantitative estimate of drug-likeness (QED) is 0.119. The summed E-state index contributed by atoms with van der Waals surface area (Å²) < 4.78 is -1.67. The highest BCUT2D eigenvalue weighted by Gasteiger charge is 2.60. The molecule has 0 radical (unpaired) electrons. The van der Waals surface area contributed by atoms with Crippen LogP contribution >= 0.6 is 31.9 Å². The van der Waals surface area contributed by atoms with Crippen LogP contribution in [-0.4, -0.2) is 42.2 Å². The molecule has 224 valence electrons. The summed E-state index contributed by atoms with van der Waals surface area (Å²) in [5.41, 5.74) is 2.01. The fraction of sp³-hybridized carbons (Fsp3) is 0.0968. The number of non-ortho nitro benzene ring substituents is 2. The number of carbonyl (C=O) groups excluding carboxylic acids is 2. The van der Waals surface area contributed by atoms with Crippen molar-refractivity contribution in [1.29, 1.82) is 0 Å². The Kier molecular flexibility index (Phi) is 7.85. The normalized spacial score (nSPS) is 20.2. The number of para-hydroxylation sites is 2. The lowest BCUT2D eigenvalue weighted by atomic mass is 9.83. The number of benzene rings is 4. The van der Waals surface area contributed by atoms with Crippen molar-refractivity contribution in [2.75, 3.05) is 10.0 Å². The van der Waals surface area contributed by atoms with E-state index in [-0.39, 0.29) is 22.8 Å². The molecule has 2 amide bonds. The van der Waals surface area contributed by atoms with Crippen LogP contribution in [0.1, 0.15) is 11.1 Å². The van der Waals surface area contributed by atoms with Crippen LogP contribution in [0.3, 0.4) is 0 Å². The van der Waals surface area contributed by atoms with E-state index in [1.807, 2.05) is 0 Å². The van der Waals surface area contributed by atoms with Gasteiger partial charge in [0, 0.05) is 29.8 Å². The third kappa shape index (κ3) is 5.21. The van der Waals surface area contributed by atoms with Gasteiger partial charge in [-0.1, -0.05) is 68.3 Å². The summed E-state index contributed by atoms with van der Waals surface area (Å²) in [6.45, 7) is 0. The molecule has 0 saturated heterocycles. The first-order chi connectivity index (χ1) is 21.6. The van der Waals surface area contributed by atoms with Crippen LogP contribution in [-0.2, 0) is 9.59 Å². The molecule has 2 aliphatic rings. The Bertz CT molecular complexity index is 1890. The number of anilines is 2. The van der Waals surface area contributed by atoms with Crippen LogP contribution in [0.2, 0.25) is 0 Å². The summed E-state index contributed by atoms with van der Waals surface area (Å²) in [6.07, 6.45) is 0. The van der Waals surface area contributed by atoms with Crippen LogP contribution in [0.15, 0.2) is 119 Å². The SMILES string of the molecule is O=C1[C@H]([C@H](Br)[C@@]2(Br)C(=O)N(c3ccccc3)N=C2c2ccc([N+](=O)[O-])cc2)C(c2ccc([N+](=O)[O-])cc2)=NN1c1ccccc1. The molecule has 0 unspecified atom stereocenters. The minimum absolute atomic E-state index is 0.135.